The van der Waals surface area contributed by atoms with Gasteiger partial charge in [-0.1, -0.05) is 44.1 Å². The van der Waals surface area contributed by atoms with Crippen molar-refractivity contribution < 1.29 is 9.32 Å². The molecule has 3 aromatic rings. The minimum absolute atomic E-state index is 0.0320. The van der Waals surface area contributed by atoms with Crippen LogP contribution in [-0.2, 0) is 23.1 Å². The molecule has 9 nitrogen and oxygen atoms in total. The molecule has 3 rings (SSSR count). The molecule has 1 amide bonds. The normalized spacial score (nSPS) is 11.3. The summed E-state index contributed by atoms with van der Waals surface area (Å²) in [5, 5.41) is 20.9. The number of amides is 1. The van der Waals surface area contributed by atoms with Crippen LogP contribution >= 0.6 is 0 Å². The van der Waals surface area contributed by atoms with Crippen LogP contribution in [0.5, 0.6) is 0 Å². The van der Waals surface area contributed by atoms with Gasteiger partial charge in [0.25, 0.3) is 0 Å². The molecule has 0 bridgehead atoms. The number of nitrogens with zero attached hydrogens (tertiary/aromatic N) is 5. The zero-order valence-electron chi connectivity index (χ0n) is 18.8. The Labute approximate surface area is 187 Å². The van der Waals surface area contributed by atoms with Crippen LogP contribution in [0.3, 0.4) is 0 Å². The van der Waals surface area contributed by atoms with E-state index in [1.807, 2.05) is 51.1 Å². The van der Waals surface area contributed by atoms with Crippen molar-refractivity contribution in [3.63, 3.8) is 0 Å². The van der Waals surface area contributed by atoms with Crippen LogP contribution in [0, 0.1) is 11.3 Å². The van der Waals surface area contributed by atoms with Gasteiger partial charge >= 0.3 is 0 Å². The summed E-state index contributed by atoms with van der Waals surface area (Å²) < 4.78 is 6.83. The fourth-order valence-electron chi connectivity index (χ4n) is 3.17. The molecule has 0 saturated heterocycles. The van der Waals surface area contributed by atoms with E-state index in [1.54, 1.807) is 4.68 Å². The van der Waals surface area contributed by atoms with Gasteiger partial charge in [-0.25, -0.2) is 4.68 Å². The first kappa shape index (κ1) is 23.0. The first-order valence-electron chi connectivity index (χ1n) is 10.7. The lowest BCUT2D eigenvalue weighted by Crippen LogP contribution is -2.24. The fraction of sp³-hybridized carbons (Fsp3) is 0.435. The van der Waals surface area contributed by atoms with Gasteiger partial charge < -0.3 is 15.6 Å². The van der Waals surface area contributed by atoms with Gasteiger partial charge in [-0.2, -0.15) is 15.3 Å². The molecule has 168 valence electrons. The zero-order chi connectivity index (χ0) is 23.1. The number of nitrogens with two attached hydrogens (primary N) is 1. The number of carbonyl (C=O) groups excluding carboxylic acids is 1. The zero-order valence-corrected chi connectivity index (χ0v) is 18.8. The van der Waals surface area contributed by atoms with Crippen LogP contribution in [0.1, 0.15) is 63.0 Å². The first-order chi connectivity index (χ1) is 15.3. The van der Waals surface area contributed by atoms with Crippen molar-refractivity contribution >= 4 is 11.7 Å². The highest BCUT2D eigenvalue weighted by Gasteiger charge is 2.21. The molecule has 9 heteroatoms. The number of nitriles is 1. The maximum Gasteiger partial charge on any atom is 0.226 e. The summed E-state index contributed by atoms with van der Waals surface area (Å²) in [6.07, 6.45) is 2.79. The number of nitrogens with one attached hydrogen (secondary N) is 1. The van der Waals surface area contributed by atoms with E-state index in [9.17, 15) is 10.1 Å². The SMILES string of the molecule is CC(C)(C)c1noc(CCCC(=O)NCCCc2nn(-c3ccccc3)c(N)c2C#N)n1. The van der Waals surface area contributed by atoms with Gasteiger partial charge in [0, 0.05) is 24.8 Å². The van der Waals surface area contributed by atoms with Crippen LogP contribution in [0.2, 0.25) is 0 Å². The van der Waals surface area contributed by atoms with Gasteiger partial charge in [-0.05, 0) is 31.4 Å². The van der Waals surface area contributed by atoms with Crippen molar-refractivity contribution in [2.24, 2.45) is 0 Å². The molecule has 0 unspecified atom stereocenters. The molecule has 0 radical (unpaired) electrons. The summed E-state index contributed by atoms with van der Waals surface area (Å²) in [5.74, 6) is 1.52. The number of benzene rings is 1. The highest BCUT2D eigenvalue weighted by molar-refractivity contribution is 5.75. The Morgan fingerprint density at radius 2 is 1.97 bits per heavy atom. The van der Waals surface area contributed by atoms with Gasteiger partial charge in [-0.3, -0.25) is 4.79 Å². The molecule has 0 aliphatic heterocycles. The quantitative estimate of drug-likeness (QED) is 0.493. The average molecular weight is 436 g/mol. The van der Waals surface area contributed by atoms with Gasteiger partial charge in [-0.15, -0.1) is 0 Å². The lowest BCUT2D eigenvalue weighted by Gasteiger charge is -2.10. The van der Waals surface area contributed by atoms with Crippen molar-refractivity contribution in [2.45, 2.75) is 58.3 Å². The Kier molecular flexibility index (Phi) is 7.25. The van der Waals surface area contributed by atoms with Crippen LogP contribution in [-0.4, -0.2) is 32.4 Å². The highest BCUT2D eigenvalue weighted by Crippen LogP contribution is 2.21. The molecular formula is C23H29N7O2. The molecule has 2 heterocycles. The molecule has 0 aliphatic carbocycles. The minimum Gasteiger partial charge on any atom is -0.382 e. The summed E-state index contributed by atoms with van der Waals surface area (Å²) in [5.41, 5.74) is 7.78. The highest BCUT2D eigenvalue weighted by atomic mass is 16.5. The fourth-order valence-corrected chi connectivity index (χ4v) is 3.17. The second-order valence-electron chi connectivity index (χ2n) is 8.63. The van der Waals surface area contributed by atoms with Gasteiger partial charge in [0.15, 0.2) is 5.82 Å². The third-order valence-corrected chi connectivity index (χ3v) is 4.95. The summed E-state index contributed by atoms with van der Waals surface area (Å²) in [6, 6.07) is 11.6. The van der Waals surface area contributed by atoms with Crippen LogP contribution in [0.4, 0.5) is 5.82 Å². The number of nitrogen functional groups attached to an aromatic ring is 1. The number of aryl methyl sites for hydroxylation is 2. The number of hydrogen-bond acceptors (Lipinski definition) is 7. The van der Waals surface area contributed by atoms with Crippen molar-refractivity contribution in [3.05, 3.63) is 53.3 Å². The molecule has 0 fully saturated rings. The van der Waals surface area contributed by atoms with E-state index in [0.717, 1.165) is 5.69 Å². The molecule has 32 heavy (non-hydrogen) atoms. The molecule has 0 aliphatic rings. The van der Waals surface area contributed by atoms with E-state index in [2.05, 4.69) is 26.6 Å². The van der Waals surface area contributed by atoms with Crippen molar-refractivity contribution in [1.82, 2.24) is 25.2 Å². The number of carbonyl (C=O) groups is 1. The molecular weight excluding hydrogens is 406 g/mol. The van der Waals surface area contributed by atoms with Gasteiger partial charge in [0.05, 0.1) is 11.4 Å². The monoisotopic (exact) mass is 435 g/mol. The second kappa shape index (κ2) is 10.1. The van der Waals surface area contributed by atoms with Crippen molar-refractivity contribution in [3.8, 4) is 11.8 Å². The van der Waals surface area contributed by atoms with Crippen LogP contribution in [0.15, 0.2) is 34.9 Å². The summed E-state index contributed by atoms with van der Waals surface area (Å²) in [7, 11) is 0. The third-order valence-electron chi connectivity index (χ3n) is 4.95. The van der Waals surface area contributed by atoms with Crippen molar-refractivity contribution in [1.29, 1.82) is 5.26 Å². The van der Waals surface area contributed by atoms with E-state index >= 15 is 0 Å². The Balaban J connectivity index is 1.43. The van der Waals surface area contributed by atoms with Crippen molar-refractivity contribution in [2.75, 3.05) is 12.3 Å². The molecule has 0 saturated carbocycles. The lowest BCUT2D eigenvalue weighted by molar-refractivity contribution is -0.121. The van der Waals surface area contributed by atoms with E-state index in [-0.39, 0.29) is 11.3 Å². The predicted octanol–water partition coefficient (Wildman–Crippen LogP) is 3.08. The third kappa shape index (κ3) is 5.72. The molecule has 1 aromatic carbocycles. The number of hydrogen-bond donors (Lipinski definition) is 2. The lowest BCUT2D eigenvalue weighted by atomic mass is 9.96. The Bertz CT molecular complexity index is 1090. The topological polar surface area (TPSA) is 136 Å². The maximum absolute atomic E-state index is 12.1. The largest absolute Gasteiger partial charge is 0.382 e. The Hall–Kier alpha value is -3.67. The second-order valence-corrected chi connectivity index (χ2v) is 8.63. The molecule has 3 N–H and O–H groups in total. The Morgan fingerprint density at radius 3 is 2.62 bits per heavy atom. The van der Waals surface area contributed by atoms with E-state index < -0.39 is 0 Å². The average Bonchev–Trinajstić information content (AvgIpc) is 3.36. The predicted molar refractivity (Wildman–Crippen MR) is 120 cm³/mol. The van der Waals surface area contributed by atoms with Gasteiger partial charge in [0.1, 0.15) is 17.5 Å². The van der Waals surface area contributed by atoms with Crippen LogP contribution in [0.25, 0.3) is 5.69 Å². The van der Waals surface area contributed by atoms with Crippen LogP contribution < -0.4 is 11.1 Å². The molecule has 2 aromatic heterocycles. The van der Waals surface area contributed by atoms with E-state index in [1.165, 1.54) is 0 Å². The summed E-state index contributed by atoms with van der Waals surface area (Å²) >= 11 is 0. The van der Waals surface area contributed by atoms with Gasteiger partial charge in [0.2, 0.25) is 11.8 Å². The Morgan fingerprint density at radius 1 is 1.22 bits per heavy atom. The van der Waals surface area contributed by atoms with E-state index in [4.69, 9.17) is 10.3 Å². The number of aromatic nitrogens is 4. The molecule has 0 spiro atoms. The molecule has 0 atom stereocenters. The minimum atomic E-state index is -0.161. The maximum atomic E-state index is 12.1. The van der Waals surface area contributed by atoms with E-state index in [0.29, 0.717) is 67.4 Å². The standard InChI is InChI=1S/C23H29N7O2/c1-23(2,3)22-27-20(32-29-22)13-7-12-19(31)26-14-8-11-18-17(15-24)21(25)30(28-18)16-9-5-4-6-10-16/h4-6,9-10H,7-8,11-14,25H2,1-3H3,(H,26,31). The smallest absolute Gasteiger partial charge is 0.226 e. The summed E-state index contributed by atoms with van der Waals surface area (Å²) in [4.78, 5) is 16.5. The number of para-hydroxylation sites is 1. The number of rotatable bonds is 9. The number of anilines is 1. The summed E-state index contributed by atoms with van der Waals surface area (Å²) in [6.45, 7) is 6.57. The first-order valence-corrected chi connectivity index (χ1v) is 10.7.